The Bertz CT molecular complexity index is 419. The van der Waals surface area contributed by atoms with Crippen molar-refractivity contribution in [1.29, 1.82) is 5.41 Å². The Morgan fingerprint density at radius 1 is 1.42 bits per heavy atom. The zero-order valence-corrected chi connectivity index (χ0v) is 12.3. The largest absolute Gasteiger partial charge is 0.385 e. The standard InChI is InChI=1S/C12H14ClNO.C3H8O/c13-9-5-8-3-1-2-4-10(8)11(6-9)12(15)7-14;1-3-4-2/h5-7,12,14-15H,1-4H2;3H2,1-2H3. The second-order valence-corrected chi connectivity index (χ2v) is 4.97. The van der Waals surface area contributed by atoms with Crippen molar-refractivity contribution in [3.05, 3.63) is 33.8 Å². The quantitative estimate of drug-likeness (QED) is 0.834. The molecule has 2 N–H and O–H groups in total. The van der Waals surface area contributed by atoms with Crippen LogP contribution in [0.15, 0.2) is 12.1 Å². The van der Waals surface area contributed by atoms with Crippen LogP contribution in [0, 0.1) is 5.41 Å². The summed E-state index contributed by atoms with van der Waals surface area (Å²) in [4.78, 5) is 0. The van der Waals surface area contributed by atoms with Gasteiger partial charge in [0, 0.05) is 25.0 Å². The van der Waals surface area contributed by atoms with E-state index in [1.165, 1.54) is 17.5 Å². The average molecular weight is 284 g/mol. The summed E-state index contributed by atoms with van der Waals surface area (Å²) in [6.45, 7) is 2.78. The highest BCUT2D eigenvalue weighted by atomic mass is 35.5. The zero-order chi connectivity index (χ0) is 14.3. The van der Waals surface area contributed by atoms with Gasteiger partial charge in [0.1, 0.15) is 6.10 Å². The number of aliphatic hydroxyl groups excluding tert-OH is 1. The minimum absolute atomic E-state index is 0.659. The van der Waals surface area contributed by atoms with Crippen LogP contribution in [0.25, 0.3) is 0 Å². The lowest BCUT2D eigenvalue weighted by Gasteiger charge is -2.21. The molecule has 0 aromatic heterocycles. The van der Waals surface area contributed by atoms with Crippen LogP contribution in [0.3, 0.4) is 0 Å². The van der Waals surface area contributed by atoms with E-state index in [4.69, 9.17) is 17.0 Å². The van der Waals surface area contributed by atoms with Gasteiger partial charge < -0.3 is 15.3 Å². The molecule has 0 fully saturated rings. The number of aryl methyl sites for hydroxylation is 1. The second kappa shape index (κ2) is 8.31. The van der Waals surface area contributed by atoms with E-state index >= 15 is 0 Å². The maximum absolute atomic E-state index is 9.71. The van der Waals surface area contributed by atoms with Gasteiger partial charge in [-0.1, -0.05) is 11.6 Å². The summed E-state index contributed by atoms with van der Waals surface area (Å²) in [6.07, 6.45) is 4.62. The van der Waals surface area contributed by atoms with Crippen molar-refractivity contribution in [2.75, 3.05) is 13.7 Å². The molecule has 1 unspecified atom stereocenters. The summed E-state index contributed by atoms with van der Waals surface area (Å²) in [5, 5.41) is 17.5. The molecule has 1 aliphatic rings. The number of ether oxygens (including phenoxy) is 1. The van der Waals surface area contributed by atoms with Gasteiger partial charge in [0.05, 0.1) is 0 Å². The summed E-state index contributed by atoms with van der Waals surface area (Å²) in [5.41, 5.74) is 3.25. The molecular weight excluding hydrogens is 262 g/mol. The Labute approximate surface area is 120 Å². The summed E-state index contributed by atoms with van der Waals surface area (Å²) in [6, 6.07) is 3.76. The molecule has 1 aromatic rings. The number of aliphatic hydroxyl groups is 1. The number of halogens is 1. The first-order valence-electron chi connectivity index (χ1n) is 6.62. The molecule has 0 amide bonds. The van der Waals surface area contributed by atoms with E-state index in [9.17, 15) is 5.11 Å². The lowest BCUT2D eigenvalue weighted by Crippen LogP contribution is -2.10. The molecule has 1 aromatic carbocycles. The summed E-state index contributed by atoms with van der Waals surface area (Å²) in [5.74, 6) is 0. The molecule has 1 aliphatic carbocycles. The van der Waals surface area contributed by atoms with Gasteiger partial charge in [0.25, 0.3) is 0 Å². The van der Waals surface area contributed by atoms with E-state index in [2.05, 4.69) is 4.74 Å². The molecule has 0 saturated carbocycles. The maximum Gasteiger partial charge on any atom is 0.114 e. The van der Waals surface area contributed by atoms with Gasteiger partial charge >= 0.3 is 0 Å². The van der Waals surface area contributed by atoms with E-state index in [-0.39, 0.29) is 0 Å². The van der Waals surface area contributed by atoms with Crippen molar-refractivity contribution in [2.45, 2.75) is 38.7 Å². The van der Waals surface area contributed by atoms with Gasteiger partial charge in [-0.25, -0.2) is 0 Å². The van der Waals surface area contributed by atoms with Crippen molar-refractivity contribution in [3.63, 3.8) is 0 Å². The topological polar surface area (TPSA) is 53.3 Å². The van der Waals surface area contributed by atoms with Gasteiger partial charge in [-0.3, -0.25) is 0 Å². The van der Waals surface area contributed by atoms with Gasteiger partial charge in [-0.05, 0) is 61.4 Å². The molecule has 0 spiro atoms. The first-order chi connectivity index (χ1) is 9.13. The molecule has 0 radical (unpaired) electrons. The van der Waals surface area contributed by atoms with Crippen LogP contribution in [-0.4, -0.2) is 25.0 Å². The summed E-state index contributed by atoms with van der Waals surface area (Å²) < 4.78 is 4.54. The van der Waals surface area contributed by atoms with Crippen LogP contribution in [0.1, 0.15) is 42.6 Å². The molecule has 4 heteroatoms. The molecule has 0 aliphatic heterocycles. The fourth-order valence-corrected chi connectivity index (χ4v) is 2.46. The van der Waals surface area contributed by atoms with E-state index in [1.54, 1.807) is 13.2 Å². The van der Waals surface area contributed by atoms with Crippen molar-refractivity contribution >= 4 is 17.8 Å². The Morgan fingerprint density at radius 2 is 2.05 bits per heavy atom. The smallest absolute Gasteiger partial charge is 0.114 e. The molecule has 19 heavy (non-hydrogen) atoms. The van der Waals surface area contributed by atoms with E-state index < -0.39 is 6.10 Å². The first kappa shape index (κ1) is 16.2. The first-order valence-corrected chi connectivity index (χ1v) is 7.00. The third-order valence-electron chi connectivity index (χ3n) is 3.23. The van der Waals surface area contributed by atoms with Gasteiger partial charge in [0.2, 0.25) is 0 Å². The molecular formula is C15H22ClNO2. The number of nitrogens with one attached hydrogen (secondary N) is 1. The van der Waals surface area contributed by atoms with Crippen LogP contribution in [0.4, 0.5) is 0 Å². The van der Waals surface area contributed by atoms with Crippen LogP contribution >= 0.6 is 11.6 Å². The molecule has 0 heterocycles. The van der Waals surface area contributed by atoms with Crippen LogP contribution < -0.4 is 0 Å². The maximum atomic E-state index is 9.71. The average Bonchev–Trinajstić information content (AvgIpc) is 2.45. The van der Waals surface area contributed by atoms with Gasteiger partial charge in [-0.15, -0.1) is 0 Å². The van der Waals surface area contributed by atoms with E-state index in [0.29, 0.717) is 5.02 Å². The van der Waals surface area contributed by atoms with Crippen molar-refractivity contribution in [2.24, 2.45) is 0 Å². The minimum Gasteiger partial charge on any atom is -0.385 e. The Kier molecular flexibility index (Phi) is 7.06. The van der Waals surface area contributed by atoms with Crippen molar-refractivity contribution in [1.82, 2.24) is 0 Å². The Hall–Kier alpha value is -0.900. The predicted octanol–water partition coefficient (Wildman–Crippen LogP) is 3.55. The minimum atomic E-state index is -0.810. The highest BCUT2D eigenvalue weighted by Gasteiger charge is 2.17. The van der Waals surface area contributed by atoms with Crippen molar-refractivity contribution in [3.8, 4) is 0 Å². The van der Waals surface area contributed by atoms with Crippen molar-refractivity contribution < 1.29 is 9.84 Å². The molecule has 1 atom stereocenters. The van der Waals surface area contributed by atoms with Gasteiger partial charge in [0.15, 0.2) is 0 Å². The fraction of sp³-hybridized carbons (Fsp3) is 0.533. The van der Waals surface area contributed by atoms with E-state index in [1.807, 2.05) is 13.0 Å². The Balaban J connectivity index is 0.000000399. The Morgan fingerprint density at radius 3 is 2.63 bits per heavy atom. The second-order valence-electron chi connectivity index (χ2n) is 4.53. The lowest BCUT2D eigenvalue weighted by molar-refractivity contribution is 0.215. The van der Waals surface area contributed by atoms with E-state index in [0.717, 1.165) is 37.6 Å². The number of rotatable bonds is 3. The zero-order valence-electron chi connectivity index (χ0n) is 11.6. The number of fused-ring (bicyclic) bond motifs is 1. The third-order valence-corrected chi connectivity index (χ3v) is 3.45. The molecule has 106 valence electrons. The number of hydrogen-bond donors (Lipinski definition) is 2. The molecule has 3 nitrogen and oxygen atoms in total. The van der Waals surface area contributed by atoms with Crippen LogP contribution in [0.5, 0.6) is 0 Å². The fourth-order valence-electron chi connectivity index (χ4n) is 2.22. The highest BCUT2D eigenvalue weighted by Crippen LogP contribution is 2.30. The number of benzene rings is 1. The number of methoxy groups -OCH3 is 1. The summed E-state index contributed by atoms with van der Waals surface area (Å²) in [7, 11) is 1.68. The monoisotopic (exact) mass is 283 g/mol. The molecule has 0 saturated heterocycles. The molecule has 0 bridgehead atoms. The summed E-state index contributed by atoms with van der Waals surface area (Å²) >= 11 is 6.00. The highest BCUT2D eigenvalue weighted by molar-refractivity contribution is 6.30. The van der Waals surface area contributed by atoms with Crippen LogP contribution in [0.2, 0.25) is 5.02 Å². The SMILES string of the molecule is CCOC.N=CC(O)c1cc(Cl)cc2c1CCCC2. The number of hydrogen-bond acceptors (Lipinski definition) is 3. The lowest BCUT2D eigenvalue weighted by atomic mass is 9.87. The normalized spacial score (nSPS) is 14.9. The van der Waals surface area contributed by atoms with Crippen LogP contribution in [-0.2, 0) is 17.6 Å². The third kappa shape index (κ3) is 4.60. The predicted molar refractivity (Wildman–Crippen MR) is 79.4 cm³/mol. The van der Waals surface area contributed by atoms with Gasteiger partial charge in [-0.2, -0.15) is 0 Å². The molecule has 2 rings (SSSR count).